The van der Waals surface area contributed by atoms with Crippen LogP contribution in [0, 0.1) is 5.82 Å². The SMILES string of the molecule is CC(=O)Nc1cccc(NC(=O)c2cc(-c3ccc(F)cc3)on2)c1. The summed E-state index contributed by atoms with van der Waals surface area (Å²) in [6.45, 7) is 1.40. The van der Waals surface area contributed by atoms with Gasteiger partial charge in [0.15, 0.2) is 11.5 Å². The summed E-state index contributed by atoms with van der Waals surface area (Å²) in [4.78, 5) is 23.3. The van der Waals surface area contributed by atoms with Crippen LogP contribution in [0.25, 0.3) is 11.3 Å². The highest BCUT2D eigenvalue weighted by Gasteiger charge is 2.14. The van der Waals surface area contributed by atoms with Crippen molar-refractivity contribution in [1.82, 2.24) is 5.16 Å². The van der Waals surface area contributed by atoms with Gasteiger partial charge in [-0.3, -0.25) is 9.59 Å². The van der Waals surface area contributed by atoms with Crippen LogP contribution in [0.4, 0.5) is 15.8 Å². The van der Waals surface area contributed by atoms with E-state index in [1.807, 2.05) is 0 Å². The highest BCUT2D eigenvalue weighted by atomic mass is 19.1. The molecule has 2 aromatic carbocycles. The molecular formula is C18H14FN3O3. The monoisotopic (exact) mass is 339 g/mol. The van der Waals surface area contributed by atoms with E-state index in [0.29, 0.717) is 22.7 Å². The van der Waals surface area contributed by atoms with E-state index in [0.717, 1.165) is 0 Å². The van der Waals surface area contributed by atoms with Crippen molar-refractivity contribution < 1.29 is 18.5 Å². The molecule has 0 atom stereocenters. The Balaban J connectivity index is 1.74. The zero-order valence-electron chi connectivity index (χ0n) is 13.2. The van der Waals surface area contributed by atoms with Crippen LogP contribution in [0.5, 0.6) is 0 Å². The maximum Gasteiger partial charge on any atom is 0.277 e. The van der Waals surface area contributed by atoms with Crippen molar-refractivity contribution in [2.45, 2.75) is 6.92 Å². The van der Waals surface area contributed by atoms with Gasteiger partial charge < -0.3 is 15.2 Å². The molecule has 3 rings (SSSR count). The molecule has 0 spiro atoms. The van der Waals surface area contributed by atoms with Crippen molar-refractivity contribution in [3.63, 3.8) is 0 Å². The van der Waals surface area contributed by atoms with Gasteiger partial charge in [0.1, 0.15) is 5.82 Å². The number of anilines is 2. The molecule has 3 aromatic rings. The normalized spacial score (nSPS) is 10.3. The number of aromatic nitrogens is 1. The quantitative estimate of drug-likeness (QED) is 0.759. The van der Waals surface area contributed by atoms with E-state index in [9.17, 15) is 14.0 Å². The highest BCUT2D eigenvalue weighted by molar-refractivity contribution is 6.03. The summed E-state index contributed by atoms with van der Waals surface area (Å²) in [5.41, 5.74) is 1.77. The van der Waals surface area contributed by atoms with Crippen molar-refractivity contribution in [3.05, 3.63) is 66.1 Å². The zero-order chi connectivity index (χ0) is 17.8. The predicted octanol–water partition coefficient (Wildman–Crippen LogP) is 3.69. The molecule has 0 saturated carbocycles. The molecule has 0 radical (unpaired) electrons. The summed E-state index contributed by atoms with van der Waals surface area (Å²) >= 11 is 0. The maximum atomic E-state index is 13.0. The lowest BCUT2D eigenvalue weighted by Crippen LogP contribution is -2.12. The summed E-state index contributed by atoms with van der Waals surface area (Å²) in [6.07, 6.45) is 0. The number of nitrogens with one attached hydrogen (secondary N) is 2. The fraction of sp³-hybridized carbons (Fsp3) is 0.0556. The Morgan fingerprint density at radius 2 is 1.68 bits per heavy atom. The van der Waals surface area contributed by atoms with Gasteiger partial charge in [-0.05, 0) is 42.5 Å². The highest BCUT2D eigenvalue weighted by Crippen LogP contribution is 2.21. The molecule has 126 valence electrons. The van der Waals surface area contributed by atoms with Gasteiger partial charge in [-0.1, -0.05) is 11.2 Å². The lowest BCUT2D eigenvalue weighted by Gasteiger charge is -2.06. The smallest absolute Gasteiger partial charge is 0.277 e. The molecule has 6 nitrogen and oxygen atoms in total. The summed E-state index contributed by atoms with van der Waals surface area (Å²) in [5, 5.41) is 9.04. The molecule has 1 heterocycles. The van der Waals surface area contributed by atoms with Crippen molar-refractivity contribution in [2.75, 3.05) is 10.6 Å². The van der Waals surface area contributed by atoms with Crippen LogP contribution in [0.15, 0.2) is 59.1 Å². The number of carbonyl (C=O) groups excluding carboxylic acids is 2. The molecule has 0 fully saturated rings. The van der Waals surface area contributed by atoms with Crippen LogP contribution in [0.3, 0.4) is 0 Å². The van der Waals surface area contributed by atoms with Crippen molar-refractivity contribution >= 4 is 23.2 Å². The van der Waals surface area contributed by atoms with Crippen LogP contribution in [0.1, 0.15) is 17.4 Å². The number of nitrogens with zero attached hydrogens (tertiary/aromatic N) is 1. The van der Waals surface area contributed by atoms with E-state index < -0.39 is 5.91 Å². The molecule has 0 aliphatic heterocycles. The van der Waals surface area contributed by atoms with Gasteiger partial charge in [-0.25, -0.2) is 4.39 Å². The molecule has 0 bridgehead atoms. The number of halogens is 1. The molecule has 7 heteroatoms. The largest absolute Gasteiger partial charge is 0.355 e. The minimum atomic E-state index is -0.461. The Hall–Kier alpha value is -3.48. The minimum absolute atomic E-state index is 0.0873. The Bertz CT molecular complexity index is 919. The first-order valence-corrected chi connectivity index (χ1v) is 7.43. The molecule has 2 N–H and O–H groups in total. The first-order valence-electron chi connectivity index (χ1n) is 7.43. The molecular weight excluding hydrogens is 325 g/mol. The predicted molar refractivity (Wildman–Crippen MR) is 90.6 cm³/mol. The maximum absolute atomic E-state index is 13.0. The van der Waals surface area contributed by atoms with Gasteiger partial charge in [0.25, 0.3) is 5.91 Å². The fourth-order valence-corrected chi connectivity index (χ4v) is 2.21. The lowest BCUT2D eigenvalue weighted by molar-refractivity contribution is -0.114. The molecule has 1 aromatic heterocycles. The number of benzene rings is 2. The van der Waals surface area contributed by atoms with E-state index >= 15 is 0 Å². The molecule has 0 aliphatic rings. The summed E-state index contributed by atoms with van der Waals surface area (Å²) in [5.74, 6) is -0.668. The molecule has 2 amide bonds. The van der Waals surface area contributed by atoms with Gasteiger partial charge in [0, 0.05) is 29.9 Å². The summed E-state index contributed by atoms with van der Waals surface area (Å²) < 4.78 is 18.1. The molecule has 0 saturated heterocycles. The van der Waals surface area contributed by atoms with E-state index in [4.69, 9.17) is 4.52 Å². The van der Waals surface area contributed by atoms with Gasteiger partial charge in [-0.2, -0.15) is 0 Å². The van der Waals surface area contributed by atoms with Crippen LogP contribution >= 0.6 is 0 Å². The molecule has 25 heavy (non-hydrogen) atoms. The molecule has 0 aliphatic carbocycles. The average molecular weight is 339 g/mol. The first kappa shape index (κ1) is 16.4. The van der Waals surface area contributed by atoms with E-state index in [1.165, 1.54) is 37.3 Å². The second-order valence-electron chi connectivity index (χ2n) is 5.30. The van der Waals surface area contributed by atoms with E-state index in [-0.39, 0.29) is 17.4 Å². The number of amides is 2. The van der Waals surface area contributed by atoms with E-state index in [1.54, 1.807) is 24.3 Å². The summed E-state index contributed by atoms with van der Waals surface area (Å²) in [7, 11) is 0. The Morgan fingerprint density at radius 1 is 1.00 bits per heavy atom. The number of hydrogen-bond acceptors (Lipinski definition) is 4. The number of rotatable bonds is 4. The van der Waals surface area contributed by atoms with Crippen LogP contribution in [0.2, 0.25) is 0 Å². The average Bonchev–Trinajstić information content (AvgIpc) is 3.05. The number of hydrogen-bond donors (Lipinski definition) is 2. The Kier molecular flexibility index (Phi) is 4.56. The molecule has 0 unspecified atom stereocenters. The third-order valence-corrected chi connectivity index (χ3v) is 3.31. The van der Waals surface area contributed by atoms with E-state index in [2.05, 4.69) is 15.8 Å². The summed E-state index contributed by atoms with van der Waals surface area (Å²) in [6, 6.07) is 13.9. The number of carbonyl (C=O) groups is 2. The van der Waals surface area contributed by atoms with Gasteiger partial charge in [0.2, 0.25) is 5.91 Å². The lowest BCUT2D eigenvalue weighted by atomic mass is 10.1. The fourth-order valence-electron chi connectivity index (χ4n) is 2.21. The van der Waals surface area contributed by atoms with Crippen molar-refractivity contribution in [2.24, 2.45) is 0 Å². The standard InChI is InChI=1S/C18H14FN3O3/c1-11(23)20-14-3-2-4-15(9-14)21-18(24)16-10-17(25-22-16)12-5-7-13(19)8-6-12/h2-10H,1H3,(H,20,23)(H,21,24). The second kappa shape index (κ2) is 6.96. The van der Waals surface area contributed by atoms with Gasteiger partial charge >= 0.3 is 0 Å². The topological polar surface area (TPSA) is 84.2 Å². The van der Waals surface area contributed by atoms with Crippen LogP contribution in [-0.2, 0) is 4.79 Å². The van der Waals surface area contributed by atoms with Gasteiger partial charge in [-0.15, -0.1) is 0 Å². The van der Waals surface area contributed by atoms with Gasteiger partial charge in [0.05, 0.1) is 0 Å². The third kappa shape index (κ3) is 4.08. The first-order chi connectivity index (χ1) is 12.0. The minimum Gasteiger partial charge on any atom is -0.355 e. The van der Waals surface area contributed by atoms with Crippen molar-refractivity contribution in [3.8, 4) is 11.3 Å². The van der Waals surface area contributed by atoms with Crippen LogP contribution < -0.4 is 10.6 Å². The second-order valence-corrected chi connectivity index (χ2v) is 5.30. The Labute approximate surface area is 142 Å². The van der Waals surface area contributed by atoms with Crippen molar-refractivity contribution in [1.29, 1.82) is 0 Å². The Morgan fingerprint density at radius 3 is 2.36 bits per heavy atom. The van der Waals surface area contributed by atoms with Crippen LogP contribution in [-0.4, -0.2) is 17.0 Å². The third-order valence-electron chi connectivity index (χ3n) is 3.31. The zero-order valence-corrected chi connectivity index (χ0v) is 13.2.